The highest BCUT2D eigenvalue weighted by molar-refractivity contribution is 6.25. The second-order valence-electron chi connectivity index (χ2n) is 12.2. The summed E-state index contributed by atoms with van der Waals surface area (Å²) in [5.41, 5.74) is 9.59. The van der Waals surface area contributed by atoms with Gasteiger partial charge < -0.3 is 9.13 Å². The predicted molar refractivity (Wildman–Crippen MR) is 196 cm³/mol. The van der Waals surface area contributed by atoms with Gasteiger partial charge in [0.15, 0.2) is 0 Å². The Labute approximate surface area is 266 Å². The van der Waals surface area contributed by atoms with Gasteiger partial charge in [0.25, 0.3) is 0 Å². The lowest BCUT2D eigenvalue weighted by atomic mass is 10.0. The monoisotopic (exact) mass is 584 g/mol. The summed E-state index contributed by atoms with van der Waals surface area (Å²) in [6.07, 6.45) is 0. The molecule has 0 saturated carbocycles. The van der Waals surface area contributed by atoms with Crippen LogP contribution in [0.4, 0.5) is 0 Å². The van der Waals surface area contributed by atoms with Gasteiger partial charge in [0.2, 0.25) is 0 Å². The van der Waals surface area contributed by atoms with Crippen molar-refractivity contribution in [1.29, 1.82) is 0 Å². The third-order valence-corrected chi connectivity index (χ3v) is 9.65. The van der Waals surface area contributed by atoms with Crippen LogP contribution in [-0.2, 0) is 0 Å². The number of hydrogen-bond donors (Lipinski definition) is 0. The van der Waals surface area contributed by atoms with Gasteiger partial charge in [-0.05, 0) is 81.2 Å². The summed E-state index contributed by atoms with van der Waals surface area (Å²) in [6.45, 7) is 0. The molecule has 0 radical (unpaired) electrons. The number of rotatable bonds is 3. The van der Waals surface area contributed by atoms with E-state index in [0.29, 0.717) is 0 Å². The molecule has 0 aliphatic heterocycles. The van der Waals surface area contributed by atoms with Crippen molar-refractivity contribution in [3.8, 4) is 22.5 Å². The molecule has 0 fully saturated rings. The lowest BCUT2D eigenvalue weighted by Crippen LogP contribution is -1.96. The van der Waals surface area contributed by atoms with Gasteiger partial charge in [0, 0.05) is 32.9 Å². The first-order valence-electron chi connectivity index (χ1n) is 15.9. The molecule has 0 spiro atoms. The minimum absolute atomic E-state index is 1.16. The first kappa shape index (κ1) is 25.2. The molecule has 2 heteroatoms. The molecule has 10 aromatic rings. The van der Waals surface area contributed by atoms with Crippen molar-refractivity contribution < 1.29 is 0 Å². The molecule has 0 unspecified atom stereocenters. The SMILES string of the molecule is c1ccc(-c2cccc(-n3c4ccccc4c4cc5c6c7ccccc7ccc6n(-c6ccc7ccccc7c6)c5cc43)c2)cc1. The van der Waals surface area contributed by atoms with Crippen LogP contribution in [0.15, 0.2) is 170 Å². The standard InChI is InChI=1S/C44H28N2/c1-2-11-29(12-3-1)33-16-10-17-34(25-33)45-40-20-9-8-19-37(40)38-27-39-43(28-42(38)45)46(35-23-21-30-13-4-5-15-32(30)26-35)41-24-22-31-14-6-7-18-36(31)44(39)41/h1-28H. The highest BCUT2D eigenvalue weighted by Crippen LogP contribution is 2.42. The summed E-state index contributed by atoms with van der Waals surface area (Å²) in [5, 5.41) is 10.1. The van der Waals surface area contributed by atoms with Crippen LogP contribution < -0.4 is 0 Å². The molecule has 0 amide bonds. The largest absolute Gasteiger partial charge is 0.309 e. The molecule has 0 saturated heterocycles. The van der Waals surface area contributed by atoms with E-state index in [4.69, 9.17) is 0 Å². The van der Waals surface area contributed by atoms with Gasteiger partial charge >= 0.3 is 0 Å². The minimum Gasteiger partial charge on any atom is -0.309 e. The average Bonchev–Trinajstić information content (AvgIpc) is 3.63. The Morgan fingerprint density at radius 2 is 0.935 bits per heavy atom. The summed E-state index contributed by atoms with van der Waals surface area (Å²) < 4.78 is 4.91. The fourth-order valence-electron chi connectivity index (χ4n) is 7.58. The maximum Gasteiger partial charge on any atom is 0.0562 e. The quantitative estimate of drug-likeness (QED) is 0.195. The summed E-state index contributed by atoms with van der Waals surface area (Å²) in [5.74, 6) is 0. The Hall–Kier alpha value is -6.12. The number of fused-ring (bicyclic) bond motifs is 9. The van der Waals surface area contributed by atoms with Crippen LogP contribution in [0.25, 0.3) is 87.7 Å². The van der Waals surface area contributed by atoms with Crippen LogP contribution in [0.3, 0.4) is 0 Å². The molecule has 46 heavy (non-hydrogen) atoms. The Bertz CT molecular complexity index is 2800. The predicted octanol–water partition coefficient (Wildman–Crippen LogP) is 11.9. The van der Waals surface area contributed by atoms with Crippen LogP contribution >= 0.6 is 0 Å². The Balaban J connectivity index is 1.35. The van der Waals surface area contributed by atoms with Crippen LogP contribution in [0.1, 0.15) is 0 Å². The fraction of sp³-hybridized carbons (Fsp3) is 0. The smallest absolute Gasteiger partial charge is 0.0562 e. The molecular weight excluding hydrogens is 556 g/mol. The van der Waals surface area contributed by atoms with E-state index in [1.807, 2.05) is 0 Å². The number of para-hydroxylation sites is 1. The van der Waals surface area contributed by atoms with Crippen molar-refractivity contribution in [1.82, 2.24) is 9.13 Å². The van der Waals surface area contributed by atoms with Gasteiger partial charge in [0.05, 0.1) is 22.1 Å². The average molecular weight is 585 g/mol. The van der Waals surface area contributed by atoms with Crippen molar-refractivity contribution in [3.63, 3.8) is 0 Å². The van der Waals surface area contributed by atoms with E-state index in [1.165, 1.54) is 82.0 Å². The first-order valence-corrected chi connectivity index (χ1v) is 15.9. The molecule has 10 rings (SSSR count). The van der Waals surface area contributed by atoms with E-state index in [9.17, 15) is 0 Å². The second-order valence-corrected chi connectivity index (χ2v) is 12.2. The molecule has 2 nitrogen and oxygen atoms in total. The molecule has 0 aliphatic carbocycles. The first-order chi connectivity index (χ1) is 22.8. The highest BCUT2D eigenvalue weighted by atomic mass is 15.0. The van der Waals surface area contributed by atoms with Crippen molar-refractivity contribution in [3.05, 3.63) is 170 Å². The summed E-state index contributed by atoms with van der Waals surface area (Å²) in [6, 6.07) is 62.0. The number of hydrogen-bond acceptors (Lipinski definition) is 0. The maximum absolute atomic E-state index is 2.46. The van der Waals surface area contributed by atoms with Crippen LogP contribution in [0.5, 0.6) is 0 Å². The molecule has 8 aromatic carbocycles. The normalized spacial score (nSPS) is 11.9. The minimum atomic E-state index is 1.16. The van der Waals surface area contributed by atoms with Crippen LogP contribution in [0, 0.1) is 0 Å². The summed E-state index contributed by atoms with van der Waals surface area (Å²) >= 11 is 0. The summed E-state index contributed by atoms with van der Waals surface area (Å²) in [4.78, 5) is 0. The molecule has 2 aromatic heterocycles. The molecule has 0 aliphatic rings. The third kappa shape index (κ3) is 3.65. The number of benzene rings is 8. The lowest BCUT2D eigenvalue weighted by Gasteiger charge is -2.12. The number of aromatic nitrogens is 2. The summed E-state index contributed by atoms with van der Waals surface area (Å²) in [7, 11) is 0. The topological polar surface area (TPSA) is 9.86 Å². The molecule has 2 heterocycles. The molecule has 214 valence electrons. The van der Waals surface area contributed by atoms with E-state index < -0.39 is 0 Å². The zero-order valence-electron chi connectivity index (χ0n) is 25.1. The Kier molecular flexibility index (Phi) is 5.31. The zero-order chi connectivity index (χ0) is 30.2. The molecule has 0 N–H and O–H groups in total. The molecule has 0 atom stereocenters. The fourth-order valence-corrected chi connectivity index (χ4v) is 7.58. The van der Waals surface area contributed by atoms with E-state index in [0.717, 1.165) is 5.69 Å². The van der Waals surface area contributed by atoms with Crippen molar-refractivity contribution in [2.45, 2.75) is 0 Å². The zero-order valence-corrected chi connectivity index (χ0v) is 25.1. The van der Waals surface area contributed by atoms with Gasteiger partial charge in [-0.2, -0.15) is 0 Å². The van der Waals surface area contributed by atoms with Gasteiger partial charge in [0.1, 0.15) is 0 Å². The maximum atomic E-state index is 2.46. The van der Waals surface area contributed by atoms with E-state index in [-0.39, 0.29) is 0 Å². The van der Waals surface area contributed by atoms with Crippen molar-refractivity contribution >= 4 is 65.2 Å². The van der Waals surface area contributed by atoms with Gasteiger partial charge in [-0.25, -0.2) is 0 Å². The molecule has 0 bridgehead atoms. The van der Waals surface area contributed by atoms with E-state index in [2.05, 4.69) is 179 Å². The van der Waals surface area contributed by atoms with E-state index in [1.54, 1.807) is 0 Å². The van der Waals surface area contributed by atoms with Crippen LogP contribution in [-0.4, -0.2) is 9.13 Å². The van der Waals surface area contributed by atoms with Crippen molar-refractivity contribution in [2.75, 3.05) is 0 Å². The number of nitrogens with zero attached hydrogens (tertiary/aromatic N) is 2. The van der Waals surface area contributed by atoms with Crippen LogP contribution in [0.2, 0.25) is 0 Å². The van der Waals surface area contributed by atoms with Gasteiger partial charge in [-0.15, -0.1) is 0 Å². The van der Waals surface area contributed by atoms with E-state index >= 15 is 0 Å². The van der Waals surface area contributed by atoms with Gasteiger partial charge in [-0.1, -0.05) is 121 Å². The lowest BCUT2D eigenvalue weighted by molar-refractivity contribution is 1.17. The molecular formula is C44H28N2. The third-order valence-electron chi connectivity index (χ3n) is 9.65. The van der Waals surface area contributed by atoms with Crippen molar-refractivity contribution in [2.24, 2.45) is 0 Å². The Morgan fingerprint density at radius 1 is 0.283 bits per heavy atom. The Morgan fingerprint density at radius 3 is 1.83 bits per heavy atom. The second kappa shape index (κ2) is 9.69. The highest BCUT2D eigenvalue weighted by Gasteiger charge is 2.20. The van der Waals surface area contributed by atoms with Gasteiger partial charge in [-0.3, -0.25) is 0 Å².